The number of carbonyl (C=O) groups is 1. The summed E-state index contributed by atoms with van der Waals surface area (Å²) in [7, 11) is 3.08. The highest BCUT2D eigenvalue weighted by atomic mass is 35.5. The second-order valence-corrected chi connectivity index (χ2v) is 9.04. The Labute approximate surface area is 187 Å². The van der Waals surface area contributed by atoms with Crippen LogP contribution in [-0.4, -0.2) is 36.4 Å². The number of halogens is 2. The van der Waals surface area contributed by atoms with Crippen molar-refractivity contribution in [2.24, 2.45) is 11.3 Å². The number of hydrogen-bond acceptors (Lipinski definition) is 5. The largest absolute Gasteiger partial charge is 0.398 e. The van der Waals surface area contributed by atoms with Gasteiger partial charge in [-0.05, 0) is 56.7 Å². The third-order valence-electron chi connectivity index (χ3n) is 5.99. The fraction of sp³-hybridized carbons (Fsp3) is 0.435. The molecule has 0 unspecified atom stereocenters. The van der Waals surface area contributed by atoms with E-state index >= 15 is 4.39 Å². The molecule has 1 aliphatic carbocycles. The molecule has 1 amide bonds. The van der Waals surface area contributed by atoms with Crippen molar-refractivity contribution in [1.82, 2.24) is 9.88 Å². The summed E-state index contributed by atoms with van der Waals surface area (Å²) >= 11 is 6.44. The predicted molar refractivity (Wildman–Crippen MR) is 121 cm³/mol. The van der Waals surface area contributed by atoms with Gasteiger partial charge in [0.15, 0.2) is 0 Å². The quantitative estimate of drug-likeness (QED) is 0.637. The fourth-order valence-electron chi connectivity index (χ4n) is 3.85. The summed E-state index contributed by atoms with van der Waals surface area (Å²) in [6.07, 6.45) is 5.27. The van der Waals surface area contributed by atoms with Gasteiger partial charge in [-0.25, -0.2) is 9.37 Å². The molecule has 164 valence electrons. The van der Waals surface area contributed by atoms with E-state index in [2.05, 4.69) is 16.4 Å². The van der Waals surface area contributed by atoms with Crippen LogP contribution < -0.4 is 11.1 Å². The van der Waals surface area contributed by atoms with Gasteiger partial charge in [0.2, 0.25) is 0 Å². The first-order valence-corrected chi connectivity index (χ1v) is 10.6. The number of rotatable bonds is 5. The van der Waals surface area contributed by atoms with Crippen molar-refractivity contribution in [2.75, 3.05) is 31.7 Å². The normalized spacial score (nSPS) is 20.7. The van der Waals surface area contributed by atoms with Crippen molar-refractivity contribution < 1.29 is 9.18 Å². The molecule has 3 N–H and O–H groups in total. The Bertz CT molecular complexity index is 1030. The van der Waals surface area contributed by atoms with Crippen molar-refractivity contribution in [3.8, 4) is 17.2 Å². The van der Waals surface area contributed by atoms with Crippen molar-refractivity contribution in [1.29, 1.82) is 5.26 Å². The Morgan fingerprint density at radius 2 is 2.06 bits per heavy atom. The molecule has 1 aliphatic rings. The van der Waals surface area contributed by atoms with E-state index < -0.39 is 11.7 Å². The zero-order valence-electron chi connectivity index (χ0n) is 18.0. The summed E-state index contributed by atoms with van der Waals surface area (Å²) in [6, 6.07) is 7.07. The van der Waals surface area contributed by atoms with E-state index in [0.717, 1.165) is 32.2 Å². The highest BCUT2D eigenvalue weighted by Crippen LogP contribution is 2.38. The maximum atomic E-state index is 15.1. The van der Waals surface area contributed by atoms with Gasteiger partial charge in [-0.3, -0.25) is 4.79 Å². The number of aromatic nitrogens is 1. The molecule has 0 bridgehead atoms. The number of anilines is 2. The monoisotopic (exact) mass is 443 g/mol. The Morgan fingerprint density at radius 1 is 1.39 bits per heavy atom. The molecule has 0 radical (unpaired) electrons. The Morgan fingerprint density at radius 3 is 2.65 bits per heavy atom. The first-order valence-electron chi connectivity index (χ1n) is 10.3. The Hall–Kier alpha value is -2.85. The molecule has 31 heavy (non-hydrogen) atoms. The van der Waals surface area contributed by atoms with E-state index in [-0.39, 0.29) is 22.2 Å². The standard InChI is InChI=1S/C23H27ClFN5O/c1-23(13-26)8-6-14(7-9-23)11-28-19-10-17(24)16(12-29-19)15-4-5-18(27)20(21(15)25)22(31)30(2)3/h4-5,10,12,14H,6-9,11,27H2,1-3H3,(H,28,29). The first-order chi connectivity index (χ1) is 14.6. The smallest absolute Gasteiger partial charge is 0.258 e. The van der Waals surface area contributed by atoms with Crippen LogP contribution in [0.4, 0.5) is 15.9 Å². The van der Waals surface area contributed by atoms with Crippen LogP contribution in [0.5, 0.6) is 0 Å². The molecule has 6 nitrogen and oxygen atoms in total. The summed E-state index contributed by atoms with van der Waals surface area (Å²) in [5.74, 6) is -0.163. The maximum absolute atomic E-state index is 15.1. The summed E-state index contributed by atoms with van der Waals surface area (Å²) in [5, 5.41) is 12.9. The second-order valence-electron chi connectivity index (χ2n) is 8.64. The fourth-order valence-corrected chi connectivity index (χ4v) is 4.10. The number of hydrogen-bond donors (Lipinski definition) is 2. The molecule has 0 spiro atoms. The van der Waals surface area contributed by atoms with Gasteiger partial charge in [0.1, 0.15) is 11.6 Å². The predicted octanol–water partition coefficient (Wildman–Crippen LogP) is 4.96. The van der Waals surface area contributed by atoms with Gasteiger partial charge in [0, 0.05) is 43.7 Å². The number of pyridine rings is 1. The molecule has 2 aromatic rings. The first kappa shape index (κ1) is 22.8. The van der Waals surface area contributed by atoms with Gasteiger partial charge < -0.3 is 16.0 Å². The SMILES string of the molecule is CN(C)C(=O)c1c(N)ccc(-c2cnc(NCC3CCC(C)(C#N)CC3)cc2Cl)c1F. The molecular weight excluding hydrogens is 417 g/mol. The Balaban J connectivity index is 1.75. The summed E-state index contributed by atoms with van der Waals surface area (Å²) in [4.78, 5) is 18.0. The van der Waals surface area contributed by atoms with Crippen LogP contribution in [0.15, 0.2) is 24.4 Å². The average Bonchev–Trinajstić information content (AvgIpc) is 2.74. The Kier molecular flexibility index (Phi) is 6.71. The lowest BCUT2D eigenvalue weighted by molar-refractivity contribution is 0.0824. The highest BCUT2D eigenvalue weighted by molar-refractivity contribution is 6.33. The molecule has 0 aliphatic heterocycles. The van der Waals surface area contributed by atoms with Gasteiger partial charge in [-0.2, -0.15) is 5.26 Å². The zero-order valence-corrected chi connectivity index (χ0v) is 18.8. The van der Waals surface area contributed by atoms with E-state index in [0.29, 0.717) is 22.3 Å². The van der Waals surface area contributed by atoms with Gasteiger partial charge in [0.05, 0.1) is 22.1 Å². The summed E-state index contributed by atoms with van der Waals surface area (Å²) < 4.78 is 15.1. The van der Waals surface area contributed by atoms with Crippen molar-refractivity contribution >= 4 is 29.0 Å². The molecule has 0 saturated heterocycles. The van der Waals surface area contributed by atoms with E-state index in [1.807, 2.05) is 6.92 Å². The summed E-state index contributed by atoms with van der Waals surface area (Å²) in [6.45, 7) is 2.76. The summed E-state index contributed by atoms with van der Waals surface area (Å²) in [5.41, 5.74) is 6.08. The van der Waals surface area contributed by atoms with Gasteiger partial charge >= 0.3 is 0 Å². The molecule has 1 fully saturated rings. The van der Waals surface area contributed by atoms with Crippen molar-refractivity contribution in [3.63, 3.8) is 0 Å². The second kappa shape index (κ2) is 9.11. The zero-order chi connectivity index (χ0) is 22.8. The molecule has 8 heteroatoms. The van der Waals surface area contributed by atoms with Gasteiger partial charge in [-0.1, -0.05) is 11.6 Å². The van der Waals surface area contributed by atoms with Crippen molar-refractivity contribution in [2.45, 2.75) is 32.6 Å². The van der Waals surface area contributed by atoms with Gasteiger partial charge in [0.25, 0.3) is 5.91 Å². The van der Waals surface area contributed by atoms with Crippen LogP contribution in [0, 0.1) is 28.5 Å². The van der Waals surface area contributed by atoms with Crippen LogP contribution in [0.25, 0.3) is 11.1 Å². The lowest BCUT2D eigenvalue weighted by Gasteiger charge is -2.32. The van der Waals surface area contributed by atoms with Crippen LogP contribution in [0.2, 0.25) is 5.02 Å². The topological polar surface area (TPSA) is 95.0 Å². The van der Waals surface area contributed by atoms with Crippen molar-refractivity contribution in [3.05, 3.63) is 40.8 Å². The third kappa shape index (κ3) is 4.91. The average molecular weight is 444 g/mol. The number of amides is 1. The number of nitrogens with one attached hydrogen (secondary N) is 1. The molecule has 3 rings (SSSR count). The number of nitrogen functional groups attached to an aromatic ring is 1. The molecule has 1 saturated carbocycles. The number of nitrogens with zero attached hydrogens (tertiary/aromatic N) is 3. The molecule has 1 heterocycles. The van der Waals surface area contributed by atoms with E-state index in [4.69, 9.17) is 17.3 Å². The van der Waals surface area contributed by atoms with Crippen LogP contribution in [0.1, 0.15) is 43.0 Å². The van der Waals surface area contributed by atoms with E-state index in [1.54, 1.807) is 6.07 Å². The van der Waals surface area contributed by atoms with E-state index in [9.17, 15) is 10.1 Å². The maximum Gasteiger partial charge on any atom is 0.258 e. The number of nitriles is 1. The van der Waals surface area contributed by atoms with Gasteiger partial charge in [-0.15, -0.1) is 0 Å². The minimum atomic E-state index is -0.717. The lowest BCUT2D eigenvalue weighted by atomic mass is 9.73. The van der Waals surface area contributed by atoms with Crippen LogP contribution >= 0.6 is 11.6 Å². The number of carbonyl (C=O) groups excluding carboxylic acids is 1. The van der Waals surface area contributed by atoms with Crippen LogP contribution in [0.3, 0.4) is 0 Å². The third-order valence-corrected chi connectivity index (χ3v) is 6.30. The molecule has 0 atom stereocenters. The van der Waals surface area contributed by atoms with Crippen LogP contribution in [-0.2, 0) is 0 Å². The number of benzene rings is 1. The highest BCUT2D eigenvalue weighted by Gasteiger charge is 2.30. The minimum absolute atomic E-state index is 0.0716. The minimum Gasteiger partial charge on any atom is -0.398 e. The van der Waals surface area contributed by atoms with E-state index in [1.165, 1.54) is 37.3 Å². The molecule has 1 aromatic heterocycles. The molecular formula is C23H27ClFN5O. The number of nitrogens with two attached hydrogens (primary N) is 1. The molecule has 1 aromatic carbocycles. The lowest BCUT2D eigenvalue weighted by Crippen LogP contribution is -2.26.